The molecular weight excluding hydrogens is 270 g/mol. The first-order valence-corrected chi connectivity index (χ1v) is 7.57. The number of alkyl halides is 1. The number of nitriles is 1. The minimum absolute atomic E-state index is 0.338. The van der Waals surface area contributed by atoms with Gasteiger partial charge in [0.1, 0.15) is 5.82 Å². The Morgan fingerprint density at radius 1 is 1.30 bits per heavy atom. The molecule has 0 spiro atoms. The summed E-state index contributed by atoms with van der Waals surface area (Å²) in [6, 6.07) is 8.13. The largest absolute Gasteiger partial charge is 0.324 e. The molecule has 0 aliphatic heterocycles. The van der Waals surface area contributed by atoms with Gasteiger partial charge in [0, 0.05) is 6.04 Å². The molecule has 0 saturated heterocycles. The molecule has 1 aromatic carbocycles. The Morgan fingerprint density at radius 3 is 2.65 bits per heavy atom. The minimum Gasteiger partial charge on any atom is -0.324 e. The van der Waals surface area contributed by atoms with Crippen LogP contribution in [0.15, 0.2) is 18.2 Å². The van der Waals surface area contributed by atoms with Gasteiger partial charge in [0.25, 0.3) is 0 Å². The average molecular weight is 290 g/mol. The van der Waals surface area contributed by atoms with E-state index in [-0.39, 0.29) is 0 Å². The molecule has 1 unspecified atom stereocenters. The van der Waals surface area contributed by atoms with E-state index in [4.69, 9.17) is 16.9 Å². The van der Waals surface area contributed by atoms with E-state index < -0.39 is 0 Å². The lowest BCUT2D eigenvalue weighted by molar-refractivity contribution is 0.440. The zero-order valence-electron chi connectivity index (χ0n) is 12.2. The molecule has 0 fully saturated rings. The first kappa shape index (κ1) is 14.9. The third-order valence-electron chi connectivity index (χ3n) is 3.61. The first-order valence-electron chi connectivity index (χ1n) is 7.03. The molecule has 0 aliphatic carbocycles. The van der Waals surface area contributed by atoms with Gasteiger partial charge in [0.15, 0.2) is 0 Å². The summed E-state index contributed by atoms with van der Waals surface area (Å²) in [6.07, 6.45) is 2.25. The van der Waals surface area contributed by atoms with Gasteiger partial charge in [-0.25, -0.2) is 4.98 Å². The highest BCUT2D eigenvalue weighted by Gasteiger charge is 2.16. The van der Waals surface area contributed by atoms with Gasteiger partial charge in [-0.05, 0) is 43.9 Å². The molecule has 0 radical (unpaired) electrons. The summed E-state index contributed by atoms with van der Waals surface area (Å²) in [4.78, 5) is 4.58. The molecule has 2 rings (SSSR count). The van der Waals surface area contributed by atoms with Gasteiger partial charge in [0.2, 0.25) is 0 Å². The lowest BCUT2D eigenvalue weighted by atomic mass is 10.0. The van der Waals surface area contributed by atoms with Crippen molar-refractivity contribution in [2.24, 2.45) is 5.92 Å². The van der Waals surface area contributed by atoms with E-state index in [1.165, 1.54) is 6.42 Å². The highest BCUT2D eigenvalue weighted by molar-refractivity contribution is 6.16. The Bertz CT molecular complexity index is 637. The highest BCUT2D eigenvalue weighted by atomic mass is 35.5. The molecule has 106 valence electrons. The molecule has 0 amide bonds. The van der Waals surface area contributed by atoms with E-state index in [9.17, 15) is 0 Å². The molecule has 20 heavy (non-hydrogen) atoms. The van der Waals surface area contributed by atoms with Gasteiger partial charge in [-0.1, -0.05) is 13.8 Å². The Labute approximate surface area is 125 Å². The maximum absolute atomic E-state index is 9.06. The lowest BCUT2D eigenvalue weighted by Gasteiger charge is -2.18. The predicted octanol–water partition coefficient (Wildman–Crippen LogP) is 4.64. The molecule has 1 aromatic heterocycles. The van der Waals surface area contributed by atoms with Crippen LogP contribution in [-0.2, 0) is 5.88 Å². The second-order valence-electron chi connectivity index (χ2n) is 5.67. The van der Waals surface area contributed by atoms with E-state index in [0.717, 1.165) is 23.3 Å². The number of rotatable bonds is 5. The van der Waals surface area contributed by atoms with Crippen LogP contribution in [0, 0.1) is 17.2 Å². The second kappa shape index (κ2) is 6.28. The van der Waals surface area contributed by atoms with E-state index in [2.05, 4.69) is 36.4 Å². The van der Waals surface area contributed by atoms with E-state index >= 15 is 0 Å². The number of imidazole rings is 1. The molecule has 0 bridgehead atoms. The maximum atomic E-state index is 9.06. The molecule has 0 N–H and O–H groups in total. The van der Waals surface area contributed by atoms with Crippen molar-refractivity contribution in [3.05, 3.63) is 29.6 Å². The standard InChI is InChI=1S/C16H20ClN3/c1-11(2)4-5-12(3)20-15-8-13(10-18)6-7-14(15)19-16(20)9-17/h6-8,11-12H,4-5,9H2,1-3H3. The van der Waals surface area contributed by atoms with Crippen LogP contribution < -0.4 is 0 Å². The molecular formula is C16H20ClN3. The average Bonchev–Trinajstić information content (AvgIpc) is 2.81. The molecule has 1 atom stereocenters. The van der Waals surface area contributed by atoms with E-state index in [0.29, 0.717) is 23.4 Å². The summed E-state index contributed by atoms with van der Waals surface area (Å²) < 4.78 is 2.19. The number of hydrogen-bond donors (Lipinski definition) is 0. The molecule has 1 heterocycles. The van der Waals surface area contributed by atoms with Crippen LogP contribution in [0.1, 0.15) is 51.0 Å². The number of aromatic nitrogens is 2. The van der Waals surface area contributed by atoms with E-state index in [1.807, 2.05) is 12.1 Å². The Kier molecular flexibility index (Phi) is 4.67. The third-order valence-corrected chi connectivity index (χ3v) is 3.85. The first-order chi connectivity index (χ1) is 9.56. The van der Waals surface area contributed by atoms with Crippen LogP contribution in [0.2, 0.25) is 0 Å². The smallest absolute Gasteiger partial charge is 0.125 e. The van der Waals surface area contributed by atoms with Crippen molar-refractivity contribution in [2.75, 3.05) is 0 Å². The normalized spacial score (nSPS) is 12.8. The summed E-state index contributed by atoms with van der Waals surface area (Å²) in [5.41, 5.74) is 2.59. The quantitative estimate of drug-likeness (QED) is 0.752. The Balaban J connectivity index is 2.45. The molecule has 0 saturated carbocycles. The predicted molar refractivity (Wildman–Crippen MR) is 82.8 cm³/mol. The highest BCUT2D eigenvalue weighted by Crippen LogP contribution is 2.26. The van der Waals surface area contributed by atoms with Crippen molar-refractivity contribution < 1.29 is 0 Å². The molecule has 0 aliphatic rings. The fraction of sp³-hybridized carbons (Fsp3) is 0.500. The SMILES string of the molecule is CC(C)CCC(C)n1c(CCl)nc2ccc(C#N)cc21. The van der Waals surface area contributed by atoms with Gasteiger partial charge >= 0.3 is 0 Å². The van der Waals surface area contributed by atoms with Gasteiger partial charge in [0.05, 0.1) is 28.5 Å². The summed E-state index contributed by atoms with van der Waals surface area (Å²) in [6.45, 7) is 6.66. The minimum atomic E-state index is 0.338. The van der Waals surface area contributed by atoms with Crippen LogP contribution in [0.4, 0.5) is 0 Å². The summed E-state index contributed by atoms with van der Waals surface area (Å²) in [5.74, 6) is 1.96. The number of benzene rings is 1. The Hall–Kier alpha value is -1.53. The fourth-order valence-corrected chi connectivity index (χ4v) is 2.69. The number of nitrogens with zero attached hydrogens (tertiary/aromatic N) is 3. The summed E-state index contributed by atoms with van der Waals surface area (Å²) in [5, 5.41) is 9.06. The fourth-order valence-electron chi connectivity index (χ4n) is 2.50. The Morgan fingerprint density at radius 2 is 2.05 bits per heavy atom. The zero-order valence-corrected chi connectivity index (χ0v) is 13.0. The van der Waals surface area contributed by atoms with Crippen LogP contribution in [0.5, 0.6) is 0 Å². The van der Waals surface area contributed by atoms with Gasteiger partial charge < -0.3 is 4.57 Å². The molecule has 4 heteroatoms. The van der Waals surface area contributed by atoms with Crippen molar-refractivity contribution in [1.82, 2.24) is 9.55 Å². The maximum Gasteiger partial charge on any atom is 0.125 e. The summed E-state index contributed by atoms with van der Waals surface area (Å²) >= 11 is 6.04. The molecule has 2 aromatic rings. The van der Waals surface area contributed by atoms with Gasteiger partial charge in [-0.15, -0.1) is 11.6 Å². The topological polar surface area (TPSA) is 41.6 Å². The van der Waals surface area contributed by atoms with Crippen LogP contribution in [0.3, 0.4) is 0 Å². The number of halogens is 1. The lowest BCUT2D eigenvalue weighted by Crippen LogP contribution is -2.09. The van der Waals surface area contributed by atoms with Crippen LogP contribution >= 0.6 is 11.6 Å². The van der Waals surface area contributed by atoms with Gasteiger partial charge in [-0.3, -0.25) is 0 Å². The van der Waals surface area contributed by atoms with Crippen molar-refractivity contribution >= 4 is 22.6 Å². The molecule has 3 nitrogen and oxygen atoms in total. The second-order valence-corrected chi connectivity index (χ2v) is 5.93. The van der Waals surface area contributed by atoms with E-state index in [1.54, 1.807) is 6.07 Å². The summed E-state index contributed by atoms with van der Waals surface area (Å²) in [7, 11) is 0. The van der Waals surface area contributed by atoms with Crippen LogP contribution in [-0.4, -0.2) is 9.55 Å². The monoisotopic (exact) mass is 289 g/mol. The van der Waals surface area contributed by atoms with Crippen molar-refractivity contribution in [3.8, 4) is 6.07 Å². The van der Waals surface area contributed by atoms with Crippen LogP contribution in [0.25, 0.3) is 11.0 Å². The van der Waals surface area contributed by atoms with Gasteiger partial charge in [-0.2, -0.15) is 5.26 Å². The van der Waals surface area contributed by atoms with Crippen molar-refractivity contribution in [3.63, 3.8) is 0 Å². The zero-order chi connectivity index (χ0) is 14.7. The number of hydrogen-bond acceptors (Lipinski definition) is 2. The third kappa shape index (κ3) is 2.96. The van der Waals surface area contributed by atoms with Crippen molar-refractivity contribution in [2.45, 2.75) is 45.5 Å². The number of fused-ring (bicyclic) bond motifs is 1. The van der Waals surface area contributed by atoms with Crippen molar-refractivity contribution in [1.29, 1.82) is 5.26 Å².